The molecular formula is C12H10ClNO3. The van der Waals surface area contributed by atoms with Gasteiger partial charge in [0.2, 0.25) is 5.88 Å². The van der Waals surface area contributed by atoms with Gasteiger partial charge in [0.15, 0.2) is 0 Å². The zero-order valence-corrected chi connectivity index (χ0v) is 9.82. The fourth-order valence-corrected chi connectivity index (χ4v) is 1.70. The van der Waals surface area contributed by atoms with Crippen molar-refractivity contribution in [3.8, 4) is 11.3 Å². The summed E-state index contributed by atoms with van der Waals surface area (Å²) < 4.78 is 9.88. The monoisotopic (exact) mass is 251 g/mol. The van der Waals surface area contributed by atoms with Crippen LogP contribution in [-0.2, 0) is 4.74 Å². The summed E-state index contributed by atoms with van der Waals surface area (Å²) in [6, 6.07) is 8.65. The van der Waals surface area contributed by atoms with Crippen molar-refractivity contribution in [3.63, 3.8) is 0 Å². The van der Waals surface area contributed by atoms with Gasteiger partial charge in [-0.15, -0.1) is 0 Å². The molecule has 0 aliphatic rings. The number of carbonyl (C=O) groups is 1. The van der Waals surface area contributed by atoms with Crippen molar-refractivity contribution >= 4 is 23.5 Å². The van der Waals surface area contributed by atoms with E-state index in [9.17, 15) is 4.79 Å². The second-order valence-electron chi connectivity index (χ2n) is 3.36. The number of anilines is 1. The number of hydrogen-bond acceptors (Lipinski definition) is 4. The highest BCUT2D eigenvalue weighted by molar-refractivity contribution is 6.33. The first-order chi connectivity index (χ1) is 8.13. The molecule has 0 aliphatic heterocycles. The largest absolute Gasteiger partial charge is 0.465 e. The molecule has 0 spiro atoms. The lowest BCUT2D eigenvalue weighted by Gasteiger charge is -1.98. The van der Waals surface area contributed by atoms with Gasteiger partial charge in [0.25, 0.3) is 0 Å². The molecule has 1 aromatic heterocycles. The van der Waals surface area contributed by atoms with Crippen LogP contribution < -0.4 is 5.73 Å². The lowest BCUT2D eigenvalue weighted by molar-refractivity contribution is 0.0601. The highest BCUT2D eigenvalue weighted by Crippen LogP contribution is 2.32. The van der Waals surface area contributed by atoms with Crippen LogP contribution in [0, 0.1) is 0 Å². The van der Waals surface area contributed by atoms with Crippen LogP contribution in [0.1, 0.15) is 10.4 Å². The van der Waals surface area contributed by atoms with Gasteiger partial charge in [-0.1, -0.05) is 23.7 Å². The molecule has 0 saturated heterocycles. The van der Waals surface area contributed by atoms with Crippen LogP contribution >= 0.6 is 11.6 Å². The van der Waals surface area contributed by atoms with Crippen molar-refractivity contribution in [2.24, 2.45) is 0 Å². The summed E-state index contributed by atoms with van der Waals surface area (Å²) in [5, 5.41) is 0.526. The fourth-order valence-electron chi connectivity index (χ4n) is 1.47. The van der Waals surface area contributed by atoms with Crippen LogP contribution in [0.3, 0.4) is 0 Å². The number of esters is 1. The van der Waals surface area contributed by atoms with E-state index in [0.717, 1.165) is 0 Å². The van der Waals surface area contributed by atoms with E-state index in [4.69, 9.17) is 21.8 Å². The van der Waals surface area contributed by atoms with Crippen molar-refractivity contribution in [2.45, 2.75) is 0 Å². The van der Waals surface area contributed by atoms with Crippen molar-refractivity contribution in [2.75, 3.05) is 12.8 Å². The molecule has 0 unspecified atom stereocenters. The Balaban J connectivity index is 2.49. The van der Waals surface area contributed by atoms with Gasteiger partial charge < -0.3 is 14.9 Å². The Kier molecular flexibility index (Phi) is 3.06. The first kappa shape index (κ1) is 11.5. The number of nitrogen functional groups attached to an aromatic ring is 1. The predicted molar refractivity (Wildman–Crippen MR) is 64.9 cm³/mol. The number of benzene rings is 1. The molecule has 88 valence electrons. The molecule has 0 amide bonds. The first-order valence-electron chi connectivity index (χ1n) is 4.86. The first-order valence-corrected chi connectivity index (χ1v) is 5.24. The van der Waals surface area contributed by atoms with Gasteiger partial charge in [0, 0.05) is 11.6 Å². The lowest BCUT2D eigenvalue weighted by atomic mass is 10.1. The predicted octanol–water partition coefficient (Wildman–Crippen LogP) is 2.97. The van der Waals surface area contributed by atoms with E-state index >= 15 is 0 Å². The Morgan fingerprint density at radius 2 is 2.12 bits per heavy atom. The molecule has 5 heteroatoms. The molecule has 2 aromatic rings. The normalized spacial score (nSPS) is 10.2. The van der Waals surface area contributed by atoms with Gasteiger partial charge in [-0.2, -0.15) is 0 Å². The van der Waals surface area contributed by atoms with Gasteiger partial charge in [-0.3, -0.25) is 0 Å². The highest BCUT2D eigenvalue weighted by atomic mass is 35.5. The number of carbonyl (C=O) groups excluding carboxylic acids is 1. The Morgan fingerprint density at radius 3 is 2.76 bits per heavy atom. The number of halogens is 1. The van der Waals surface area contributed by atoms with E-state index in [-0.39, 0.29) is 11.4 Å². The maximum absolute atomic E-state index is 11.4. The minimum Gasteiger partial charge on any atom is -0.465 e. The Labute approximate surface area is 103 Å². The Morgan fingerprint density at radius 1 is 1.41 bits per heavy atom. The maximum Gasteiger partial charge on any atom is 0.343 e. The van der Waals surface area contributed by atoms with Crippen molar-refractivity contribution in [1.29, 1.82) is 0 Å². The van der Waals surface area contributed by atoms with E-state index < -0.39 is 5.97 Å². The summed E-state index contributed by atoms with van der Waals surface area (Å²) in [6.07, 6.45) is 0. The molecule has 2 N–H and O–H groups in total. The molecule has 0 radical (unpaired) electrons. The highest BCUT2D eigenvalue weighted by Gasteiger charge is 2.18. The van der Waals surface area contributed by atoms with E-state index in [2.05, 4.69) is 4.74 Å². The fraction of sp³-hybridized carbons (Fsp3) is 0.0833. The zero-order valence-electron chi connectivity index (χ0n) is 9.07. The van der Waals surface area contributed by atoms with Crippen molar-refractivity contribution in [3.05, 3.63) is 40.9 Å². The lowest BCUT2D eigenvalue weighted by Crippen LogP contribution is -2.02. The smallest absolute Gasteiger partial charge is 0.343 e. The molecule has 17 heavy (non-hydrogen) atoms. The summed E-state index contributed by atoms with van der Waals surface area (Å²) in [6.45, 7) is 0. The van der Waals surface area contributed by atoms with Crippen LogP contribution in [0.5, 0.6) is 0 Å². The third kappa shape index (κ3) is 2.12. The summed E-state index contributed by atoms with van der Waals surface area (Å²) in [5.41, 5.74) is 6.47. The number of nitrogens with two attached hydrogens (primary N) is 1. The molecule has 2 rings (SSSR count). The van der Waals surface area contributed by atoms with Gasteiger partial charge in [-0.25, -0.2) is 4.79 Å². The van der Waals surface area contributed by atoms with Gasteiger partial charge in [0.05, 0.1) is 12.1 Å². The van der Waals surface area contributed by atoms with Gasteiger partial charge in [-0.05, 0) is 12.1 Å². The molecule has 0 fully saturated rings. The Hall–Kier alpha value is -1.94. The summed E-state index contributed by atoms with van der Waals surface area (Å²) in [4.78, 5) is 11.4. The number of furan rings is 1. The molecule has 0 atom stereocenters. The van der Waals surface area contributed by atoms with Crippen LogP contribution in [0.2, 0.25) is 5.02 Å². The minimum atomic E-state index is -0.537. The second-order valence-corrected chi connectivity index (χ2v) is 3.77. The standard InChI is InChI=1S/C12H10ClNO3/c1-16-12(15)8-6-10(17-11(8)14)7-4-2-3-5-9(7)13/h2-6H,14H2,1H3. The molecule has 1 heterocycles. The van der Waals surface area contributed by atoms with E-state index in [0.29, 0.717) is 16.3 Å². The van der Waals surface area contributed by atoms with E-state index in [1.165, 1.54) is 13.2 Å². The molecule has 4 nitrogen and oxygen atoms in total. The van der Waals surface area contributed by atoms with Gasteiger partial charge in [0.1, 0.15) is 11.3 Å². The molecule has 0 aliphatic carbocycles. The third-order valence-corrected chi connectivity index (χ3v) is 2.64. The molecule has 0 saturated carbocycles. The molecular weight excluding hydrogens is 242 g/mol. The average molecular weight is 252 g/mol. The van der Waals surface area contributed by atoms with Crippen molar-refractivity contribution in [1.82, 2.24) is 0 Å². The van der Waals surface area contributed by atoms with Crippen molar-refractivity contribution < 1.29 is 13.9 Å². The number of ether oxygens (including phenoxy) is 1. The van der Waals surface area contributed by atoms with E-state index in [1.807, 2.05) is 6.07 Å². The van der Waals surface area contributed by atoms with E-state index in [1.54, 1.807) is 18.2 Å². The summed E-state index contributed by atoms with van der Waals surface area (Å²) in [5.74, 6) is -0.0789. The number of methoxy groups -OCH3 is 1. The third-order valence-electron chi connectivity index (χ3n) is 2.31. The maximum atomic E-state index is 11.4. The quantitative estimate of drug-likeness (QED) is 0.834. The topological polar surface area (TPSA) is 65.5 Å². The second kappa shape index (κ2) is 4.51. The summed E-state index contributed by atoms with van der Waals surface area (Å²) in [7, 11) is 1.28. The zero-order chi connectivity index (χ0) is 12.4. The minimum absolute atomic E-state index is 0.0202. The van der Waals surface area contributed by atoms with Crippen LogP contribution in [-0.4, -0.2) is 13.1 Å². The SMILES string of the molecule is COC(=O)c1cc(-c2ccccc2Cl)oc1N. The molecule has 1 aromatic carbocycles. The van der Waals surface area contributed by atoms with Crippen LogP contribution in [0.25, 0.3) is 11.3 Å². The number of rotatable bonds is 2. The summed E-state index contributed by atoms with van der Waals surface area (Å²) >= 11 is 6.02. The van der Waals surface area contributed by atoms with Gasteiger partial charge >= 0.3 is 5.97 Å². The molecule has 0 bridgehead atoms. The van der Waals surface area contributed by atoms with Crippen LogP contribution in [0.15, 0.2) is 34.7 Å². The Bertz CT molecular complexity index is 563. The van der Waals surface area contributed by atoms with Crippen LogP contribution in [0.4, 0.5) is 5.88 Å². The number of hydrogen-bond donors (Lipinski definition) is 1. The average Bonchev–Trinajstić information content (AvgIpc) is 2.71.